The van der Waals surface area contributed by atoms with Crippen LogP contribution in [-0.2, 0) is 9.63 Å². The van der Waals surface area contributed by atoms with Gasteiger partial charge in [-0.2, -0.15) is 0 Å². The van der Waals surface area contributed by atoms with E-state index >= 15 is 0 Å². The van der Waals surface area contributed by atoms with E-state index in [0.717, 1.165) is 10.6 Å². The molecule has 1 aromatic rings. The van der Waals surface area contributed by atoms with Gasteiger partial charge in [0.2, 0.25) is 0 Å². The summed E-state index contributed by atoms with van der Waals surface area (Å²) >= 11 is 1.49. The number of rotatable bonds is 3. The average molecular weight is 268 g/mol. The van der Waals surface area contributed by atoms with Crippen molar-refractivity contribution in [1.29, 1.82) is 0 Å². The second kappa shape index (κ2) is 5.49. The van der Waals surface area contributed by atoms with Gasteiger partial charge in [-0.05, 0) is 24.3 Å². The highest BCUT2D eigenvalue weighted by Crippen LogP contribution is 2.24. The fourth-order valence-corrected chi connectivity index (χ4v) is 2.59. The van der Waals surface area contributed by atoms with E-state index in [1.807, 2.05) is 0 Å². The van der Waals surface area contributed by atoms with Gasteiger partial charge in [0.15, 0.2) is 0 Å². The summed E-state index contributed by atoms with van der Waals surface area (Å²) in [4.78, 5) is 21.0. The van der Waals surface area contributed by atoms with Crippen LogP contribution < -0.4 is 0 Å². The highest BCUT2D eigenvalue weighted by atomic mass is 32.2. The zero-order chi connectivity index (χ0) is 13.1. The van der Waals surface area contributed by atoms with Crippen molar-refractivity contribution in [2.45, 2.75) is 6.04 Å². The minimum absolute atomic E-state index is 0.179. The molecule has 0 spiro atoms. The molecule has 0 N–H and O–H groups in total. The molecule has 1 heterocycles. The van der Waals surface area contributed by atoms with E-state index in [1.165, 1.54) is 36.1 Å². The van der Waals surface area contributed by atoms with Crippen LogP contribution >= 0.6 is 11.8 Å². The van der Waals surface area contributed by atoms with E-state index in [-0.39, 0.29) is 11.7 Å². The standard InChI is InChI=1S/C12H13FN2O2S/c1-15(17-2)12(16)10-7-18-11(14-10)8-3-5-9(13)6-4-8/h3-6,10H,7H2,1-2H3. The Hall–Kier alpha value is -1.40. The Labute approximate surface area is 109 Å². The largest absolute Gasteiger partial charge is 0.274 e. The molecule has 1 atom stereocenters. The summed E-state index contributed by atoms with van der Waals surface area (Å²) in [6, 6.07) is 5.66. The topological polar surface area (TPSA) is 41.9 Å². The van der Waals surface area contributed by atoms with Gasteiger partial charge in [-0.25, -0.2) is 9.45 Å². The van der Waals surface area contributed by atoms with Gasteiger partial charge in [-0.15, -0.1) is 11.8 Å². The zero-order valence-corrected chi connectivity index (χ0v) is 10.9. The highest BCUT2D eigenvalue weighted by Gasteiger charge is 2.28. The maximum absolute atomic E-state index is 12.8. The average Bonchev–Trinajstić information content (AvgIpc) is 2.87. The minimum Gasteiger partial charge on any atom is -0.274 e. The first kappa shape index (κ1) is 13.0. The molecule has 1 aromatic carbocycles. The molecule has 0 aliphatic carbocycles. The van der Waals surface area contributed by atoms with Crippen LogP contribution in [-0.4, -0.2) is 42.0 Å². The summed E-state index contributed by atoms with van der Waals surface area (Å²) in [6.07, 6.45) is 0. The number of thioether (sulfide) groups is 1. The molecule has 4 nitrogen and oxygen atoms in total. The molecule has 1 amide bonds. The number of carbonyl (C=O) groups is 1. The van der Waals surface area contributed by atoms with Gasteiger partial charge in [-0.3, -0.25) is 14.6 Å². The van der Waals surface area contributed by atoms with Crippen LogP contribution in [0, 0.1) is 5.82 Å². The fraction of sp³-hybridized carbons (Fsp3) is 0.333. The first-order valence-corrected chi connectivity index (χ1v) is 6.38. The monoisotopic (exact) mass is 268 g/mol. The van der Waals surface area contributed by atoms with Crippen LogP contribution in [0.3, 0.4) is 0 Å². The molecule has 0 saturated heterocycles. The third kappa shape index (κ3) is 2.70. The van der Waals surface area contributed by atoms with E-state index in [9.17, 15) is 9.18 Å². The lowest BCUT2D eigenvalue weighted by Gasteiger charge is -2.15. The number of benzene rings is 1. The molecule has 96 valence electrons. The van der Waals surface area contributed by atoms with E-state index in [0.29, 0.717) is 5.75 Å². The predicted octanol–water partition coefficient (Wildman–Crippen LogP) is 1.71. The quantitative estimate of drug-likeness (QED) is 0.784. The Morgan fingerprint density at radius 3 is 2.78 bits per heavy atom. The molecule has 0 radical (unpaired) electrons. The molecule has 1 unspecified atom stereocenters. The first-order valence-electron chi connectivity index (χ1n) is 5.40. The van der Waals surface area contributed by atoms with Gasteiger partial charge in [0, 0.05) is 18.4 Å². The summed E-state index contributed by atoms with van der Waals surface area (Å²) in [5.74, 6) is 0.121. The number of amides is 1. The Balaban J connectivity index is 2.13. The molecule has 0 saturated carbocycles. The maximum atomic E-state index is 12.8. The number of aliphatic imine (C=N–C) groups is 1. The van der Waals surface area contributed by atoms with Crippen LogP contribution in [0.1, 0.15) is 5.56 Å². The van der Waals surface area contributed by atoms with Gasteiger partial charge in [-0.1, -0.05) is 0 Å². The molecule has 18 heavy (non-hydrogen) atoms. The molecule has 0 bridgehead atoms. The number of hydroxylamine groups is 2. The molecule has 2 rings (SSSR count). The van der Waals surface area contributed by atoms with Crippen molar-refractivity contribution in [2.24, 2.45) is 4.99 Å². The van der Waals surface area contributed by atoms with Crippen molar-refractivity contribution in [1.82, 2.24) is 5.06 Å². The Morgan fingerprint density at radius 1 is 1.50 bits per heavy atom. The van der Waals surface area contributed by atoms with Crippen molar-refractivity contribution < 1.29 is 14.0 Å². The Kier molecular flexibility index (Phi) is 3.98. The van der Waals surface area contributed by atoms with Crippen molar-refractivity contribution in [3.05, 3.63) is 35.6 Å². The Bertz CT molecular complexity index is 475. The molecule has 1 aliphatic heterocycles. The van der Waals surface area contributed by atoms with E-state index < -0.39 is 6.04 Å². The smallest absolute Gasteiger partial charge is 0.271 e. The minimum atomic E-state index is -0.431. The maximum Gasteiger partial charge on any atom is 0.271 e. The summed E-state index contributed by atoms with van der Waals surface area (Å²) < 4.78 is 12.8. The first-order chi connectivity index (χ1) is 8.61. The van der Waals surface area contributed by atoms with Crippen LogP contribution in [0.15, 0.2) is 29.3 Å². The second-order valence-corrected chi connectivity index (χ2v) is 4.79. The Morgan fingerprint density at radius 2 is 2.17 bits per heavy atom. The van der Waals surface area contributed by atoms with Crippen LogP contribution in [0.5, 0.6) is 0 Å². The summed E-state index contributed by atoms with van der Waals surface area (Å²) in [5, 5.41) is 1.93. The lowest BCUT2D eigenvalue weighted by Crippen LogP contribution is -2.34. The van der Waals surface area contributed by atoms with Crippen molar-refractivity contribution in [2.75, 3.05) is 19.9 Å². The summed E-state index contributed by atoms with van der Waals surface area (Å²) in [6.45, 7) is 0. The highest BCUT2D eigenvalue weighted by molar-refractivity contribution is 8.14. The van der Waals surface area contributed by atoms with E-state index in [2.05, 4.69) is 4.99 Å². The molecular formula is C12H13FN2O2S. The van der Waals surface area contributed by atoms with Crippen LogP contribution in [0.4, 0.5) is 4.39 Å². The third-order valence-electron chi connectivity index (χ3n) is 2.61. The van der Waals surface area contributed by atoms with Gasteiger partial charge < -0.3 is 0 Å². The van der Waals surface area contributed by atoms with Crippen LogP contribution in [0.2, 0.25) is 0 Å². The third-order valence-corrected chi connectivity index (χ3v) is 3.71. The zero-order valence-electron chi connectivity index (χ0n) is 10.1. The fourth-order valence-electron chi connectivity index (χ4n) is 1.55. The summed E-state index contributed by atoms with van der Waals surface area (Å²) in [5.41, 5.74) is 0.830. The number of carbonyl (C=O) groups excluding carboxylic acids is 1. The second-order valence-electron chi connectivity index (χ2n) is 3.79. The van der Waals surface area contributed by atoms with Crippen molar-refractivity contribution in [3.63, 3.8) is 0 Å². The van der Waals surface area contributed by atoms with E-state index in [4.69, 9.17) is 4.84 Å². The molecular weight excluding hydrogens is 255 g/mol. The number of hydrogen-bond acceptors (Lipinski definition) is 4. The van der Waals surface area contributed by atoms with E-state index in [1.54, 1.807) is 19.2 Å². The molecule has 6 heteroatoms. The van der Waals surface area contributed by atoms with Gasteiger partial charge in [0.1, 0.15) is 11.9 Å². The SMILES string of the molecule is CON(C)C(=O)C1CSC(c2ccc(F)cc2)=N1. The van der Waals surface area contributed by atoms with Crippen molar-refractivity contribution >= 4 is 22.7 Å². The summed E-state index contributed by atoms with van der Waals surface area (Å²) in [7, 11) is 2.99. The normalized spacial score (nSPS) is 18.6. The molecule has 1 aliphatic rings. The van der Waals surface area contributed by atoms with Gasteiger partial charge in [0.05, 0.1) is 12.2 Å². The van der Waals surface area contributed by atoms with Gasteiger partial charge >= 0.3 is 0 Å². The molecule has 0 fully saturated rings. The number of halogens is 1. The lowest BCUT2D eigenvalue weighted by molar-refractivity contribution is -0.169. The lowest BCUT2D eigenvalue weighted by atomic mass is 10.2. The number of nitrogens with zero attached hydrogens (tertiary/aromatic N) is 2. The molecule has 0 aromatic heterocycles. The number of likely N-dealkylation sites (N-methyl/N-ethyl adjacent to an activating group) is 1. The van der Waals surface area contributed by atoms with Crippen LogP contribution in [0.25, 0.3) is 0 Å². The predicted molar refractivity (Wildman–Crippen MR) is 69.0 cm³/mol. The number of hydrogen-bond donors (Lipinski definition) is 0. The van der Waals surface area contributed by atoms with Gasteiger partial charge in [0.25, 0.3) is 5.91 Å². The van der Waals surface area contributed by atoms with Crippen molar-refractivity contribution in [3.8, 4) is 0 Å².